The number of allylic oxidation sites excluding steroid dienone is 2. The molecule has 0 bridgehead atoms. The maximum absolute atomic E-state index is 12.6. The van der Waals surface area contributed by atoms with Crippen molar-refractivity contribution in [2.75, 3.05) is 33.0 Å². The van der Waals surface area contributed by atoms with Gasteiger partial charge in [0.15, 0.2) is 0 Å². The predicted octanol–water partition coefficient (Wildman–Crippen LogP) is 1.10. The summed E-state index contributed by atoms with van der Waals surface area (Å²) in [4.78, 5) is 36.2. The molecule has 0 aromatic heterocycles. The molecule has 8 heteroatoms. The van der Waals surface area contributed by atoms with Crippen molar-refractivity contribution in [3.8, 4) is 0 Å². The molecule has 160 valence electrons. The van der Waals surface area contributed by atoms with Crippen LogP contribution in [-0.4, -0.2) is 61.4 Å². The minimum absolute atomic E-state index is 0.00700. The second-order valence-corrected chi connectivity index (χ2v) is 6.97. The smallest absolute Gasteiger partial charge is 0.306 e. The van der Waals surface area contributed by atoms with Crippen LogP contribution in [0.4, 0.5) is 0 Å². The van der Waals surface area contributed by atoms with Gasteiger partial charge in [0.1, 0.15) is 6.61 Å². The number of aliphatic hydroxyl groups is 1. The van der Waals surface area contributed by atoms with E-state index in [0.29, 0.717) is 19.4 Å². The SMILES string of the molecule is C=CCCC(=O)OCC(C)(C)NC(=O)[C@@H](CC=C)CC(=O)NCCOCCO. The number of nitrogens with one attached hydrogen (secondary N) is 2. The Morgan fingerprint density at radius 2 is 1.89 bits per heavy atom. The molecule has 0 aromatic carbocycles. The van der Waals surface area contributed by atoms with Crippen LogP contribution in [0.1, 0.15) is 39.5 Å². The molecule has 8 nitrogen and oxygen atoms in total. The Morgan fingerprint density at radius 3 is 2.50 bits per heavy atom. The molecule has 2 amide bonds. The van der Waals surface area contributed by atoms with Crippen LogP contribution in [0.3, 0.4) is 0 Å². The van der Waals surface area contributed by atoms with E-state index >= 15 is 0 Å². The molecule has 28 heavy (non-hydrogen) atoms. The van der Waals surface area contributed by atoms with Gasteiger partial charge in [0.25, 0.3) is 0 Å². The average molecular weight is 399 g/mol. The number of hydrogen-bond acceptors (Lipinski definition) is 6. The van der Waals surface area contributed by atoms with Gasteiger partial charge < -0.3 is 25.2 Å². The summed E-state index contributed by atoms with van der Waals surface area (Å²) in [5.74, 6) is -1.51. The lowest BCUT2D eigenvalue weighted by atomic mass is 9.97. The molecular weight excluding hydrogens is 364 g/mol. The van der Waals surface area contributed by atoms with Gasteiger partial charge in [-0.05, 0) is 26.7 Å². The highest BCUT2D eigenvalue weighted by Crippen LogP contribution is 2.13. The summed E-state index contributed by atoms with van der Waals surface area (Å²) in [6.07, 6.45) is 4.35. The van der Waals surface area contributed by atoms with Gasteiger partial charge in [0.05, 0.1) is 31.3 Å². The molecule has 0 rings (SSSR count). The number of esters is 1. The first-order chi connectivity index (χ1) is 13.3. The van der Waals surface area contributed by atoms with Crippen LogP contribution in [0.5, 0.6) is 0 Å². The molecule has 0 unspecified atom stereocenters. The number of aliphatic hydroxyl groups excluding tert-OH is 1. The number of hydrogen-bond donors (Lipinski definition) is 3. The van der Waals surface area contributed by atoms with Gasteiger partial charge in [-0.25, -0.2) is 0 Å². The Bertz CT molecular complexity index is 519. The second kappa shape index (κ2) is 14.8. The number of amides is 2. The van der Waals surface area contributed by atoms with Gasteiger partial charge in [0, 0.05) is 19.4 Å². The number of rotatable bonds is 16. The van der Waals surface area contributed by atoms with E-state index in [2.05, 4.69) is 23.8 Å². The zero-order valence-electron chi connectivity index (χ0n) is 17.0. The second-order valence-electron chi connectivity index (χ2n) is 6.97. The Hall–Kier alpha value is -2.19. The first kappa shape index (κ1) is 25.8. The summed E-state index contributed by atoms with van der Waals surface area (Å²) >= 11 is 0. The van der Waals surface area contributed by atoms with E-state index in [1.165, 1.54) is 0 Å². The third kappa shape index (κ3) is 13.1. The molecule has 0 saturated heterocycles. The van der Waals surface area contributed by atoms with Crippen LogP contribution < -0.4 is 10.6 Å². The summed E-state index contributed by atoms with van der Waals surface area (Å²) in [6.45, 7) is 11.4. The lowest BCUT2D eigenvalue weighted by molar-refractivity contribution is -0.146. The minimum Gasteiger partial charge on any atom is -0.463 e. The van der Waals surface area contributed by atoms with E-state index in [0.717, 1.165) is 0 Å². The van der Waals surface area contributed by atoms with Crippen LogP contribution in [-0.2, 0) is 23.9 Å². The van der Waals surface area contributed by atoms with Crippen LogP contribution >= 0.6 is 0 Å². The van der Waals surface area contributed by atoms with Crippen LogP contribution in [0, 0.1) is 5.92 Å². The van der Waals surface area contributed by atoms with E-state index in [9.17, 15) is 14.4 Å². The van der Waals surface area contributed by atoms with Crippen LogP contribution in [0.2, 0.25) is 0 Å². The van der Waals surface area contributed by atoms with Gasteiger partial charge in [-0.3, -0.25) is 14.4 Å². The van der Waals surface area contributed by atoms with Crippen molar-refractivity contribution in [1.82, 2.24) is 10.6 Å². The number of ether oxygens (including phenoxy) is 2. The van der Waals surface area contributed by atoms with Gasteiger partial charge in [-0.15, -0.1) is 13.2 Å². The molecule has 0 saturated carbocycles. The Labute approximate surface area is 167 Å². The highest BCUT2D eigenvalue weighted by molar-refractivity contribution is 5.86. The Kier molecular flexibility index (Phi) is 13.7. The third-order valence-corrected chi connectivity index (χ3v) is 3.67. The maximum atomic E-state index is 12.6. The minimum atomic E-state index is -0.769. The largest absolute Gasteiger partial charge is 0.463 e. The van der Waals surface area contributed by atoms with E-state index in [4.69, 9.17) is 14.6 Å². The van der Waals surface area contributed by atoms with E-state index in [1.54, 1.807) is 26.0 Å². The van der Waals surface area contributed by atoms with Crippen molar-refractivity contribution < 1.29 is 29.0 Å². The summed E-state index contributed by atoms with van der Waals surface area (Å²) < 4.78 is 10.2. The maximum Gasteiger partial charge on any atom is 0.306 e. The fourth-order valence-corrected chi connectivity index (χ4v) is 2.23. The molecule has 0 radical (unpaired) electrons. The van der Waals surface area contributed by atoms with Crippen molar-refractivity contribution in [2.24, 2.45) is 5.92 Å². The van der Waals surface area contributed by atoms with Gasteiger partial charge >= 0.3 is 5.97 Å². The fourth-order valence-electron chi connectivity index (χ4n) is 2.23. The zero-order valence-corrected chi connectivity index (χ0v) is 17.0. The average Bonchev–Trinajstić information content (AvgIpc) is 2.64. The molecular formula is C20H34N2O6. The van der Waals surface area contributed by atoms with Gasteiger partial charge in [0.2, 0.25) is 11.8 Å². The summed E-state index contributed by atoms with van der Waals surface area (Å²) in [5.41, 5.74) is -0.769. The molecule has 0 aliphatic heterocycles. The molecule has 0 aliphatic carbocycles. The highest BCUT2D eigenvalue weighted by Gasteiger charge is 2.28. The van der Waals surface area contributed by atoms with E-state index in [1.807, 2.05) is 0 Å². The third-order valence-electron chi connectivity index (χ3n) is 3.67. The lowest BCUT2D eigenvalue weighted by Crippen LogP contribution is -2.50. The Morgan fingerprint density at radius 1 is 1.18 bits per heavy atom. The molecule has 0 aromatic rings. The lowest BCUT2D eigenvalue weighted by Gasteiger charge is -2.28. The van der Waals surface area contributed by atoms with Crippen molar-refractivity contribution >= 4 is 17.8 Å². The van der Waals surface area contributed by atoms with Gasteiger partial charge in [-0.1, -0.05) is 12.2 Å². The molecule has 0 fully saturated rings. The number of carbonyl (C=O) groups is 3. The monoisotopic (exact) mass is 398 g/mol. The van der Waals surface area contributed by atoms with E-state index in [-0.39, 0.29) is 57.1 Å². The quantitative estimate of drug-likeness (QED) is 0.204. The van der Waals surface area contributed by atoms with Crippen LogP contribution in [0.25, 0.3) is 0 Å². The highest BCUT2D eigenvalue weighted by atomic mass is 16.5. The molecule has 0 aliphatic rings. The first-order valence-electron chi connectivity index (χ1n) is 9.40. The van der Waals surface area contributed by atoms with Crippen molar-refractivity contribution in [1.29, 1.82) is 0 Å². The topological polar surface area (TPSA) is 114 Å². The molecule has 1 atom stereocenters. The van der Waals surface area contributed by atoms with Crippen molar-refractivity contribution in [3.63, 3.8) is 0 Å². The first-order valence-corrected chi connectivity index (χ1v) is 9.40. The molecule has 0 spiro atoms. The standard InChI is InChI=1S/C20H34N2O6/c1-5-7-9-18(25)28-15-20(3,4)22-19(26)16(8-6-2)14-17(24)21-10-12-27-13-11-23/h5-6,16,23H,1-2,7-15H2,3-4H3,(H,21,24)(H,22,26)/t16-/m0/s1. The van der Waals surface area contributed by atoms with E-state index < -0.39 is 11.5 Å². The summed E-state index contributed by atoms with van der Waals surface area (Å²) in [6, 6.07) is 0. The number of carbonyl (C=O) groups excluding carboxylic acids is 3. The normalized spacial score (nSPS) is 12.0. The van der Waals surface area contributed by atoms with Crippen molar-refractivity contribution in [2.45, 2.75) is 45.1 Å². The predicted molar refractivity (Wildman–Crippen MR) is 106 cm³/mol. The summed E-state index contributed by atoms with van der Waals surface area (Å²) in [5, 5.41) is 14.1. The molecule has 0 heterocycles. The van der Waals surface area contributed by atoms with Crippen molar-refractivity contribution in [3.05, 3.63) is 25.3 Å². The fraction of sp³-hybridized carbons (Fsp3) is 0.650. The Balaban J connectivity index is 4.49. The molecule has 3 N–H and O–H groups in total. The zero-order chi connectivity index (χ0) is 21.4. The van der Waals surface area contributed by atoms with Crippen LogP contribution in [0.15, 0.2) is 25.3 Å². The van der Waals surface area contributed by atoms with Gasteiger partial charge in [-0.2, -0.15) is 0 Å². The summed E-state index contributed by atoms with van der Waals surface area (Å²) in [7, 11) is 0.